The summed E-state index contributed by atoms with van der Waals surface area (Å²) in [5, 5.41) is 12.1. The van der Waals surface area contributed by atoms with Gasteiger partial charge in [0.2, 0.25) is 11.8 Å². The van der Waals surface area contributed by atoms with Crippen molar-refractivity contribution < 1.29 is 9.59 Å². The minimum absolute atomic E-state index is 0.0457. The molecule has 0 aliphatic rings. The summed E-state index contributed by atoms with van der Waals surface area (Å²) in [6, 6.07) is 0. The molecule has 7 nitrogen and oxygen atoms in total. The first kappa shape index (κ1) is 16.1. The van der Waals surface area contributed by atoms with E-state index in [-0.39, 0.29) is 11.8 Å². The zero-order valence-corrected chi connectivity index (χ0v) is 12.3. The average molecular weight is 281 g/mol. The Balaban J connectivity index is 2.04. The number of aromatic nitrogens is 3. The Hall–Kier alpha value is -1.92. The molecule has 1 heterocycles. The molecule has 0 fully saturated rings. The Bertz CT molecular complexity index is 422. The highest BCUT2D eigenvalue weighted by molar-refractivity contribution is 5.82. The van der Waals surface area contributed by atoms with Crippen LogP contribution in [0.2, 0.25) is 0 Å². The molecule has 0 bridgehead atoms. The van der Waals surface area contributed by atoms with Gasteiger partial charge in [0.05, 0.1) is 0 Å². The van der Waals surface area contributed by atoms with Crippen molar-refractivity contribution in [2.45, 2.75) is 40.0 Å². The summed E-state index contributed by atoms with van der Waals surface area (Å²) in [5.41, 5.74) is -0.423. The number of nitrogens with one attached hydrogen (secondary N) is 3. The van der Waals surface area contributed by atoms with Gasteiger partial charge in [-0.2, -0.15) is 5.10 Å². The lowest BCUT2D eigenvalue weighted by Crippen LogP contribution is -2.37. The van der Waals surface area contributed by atoms with Gasteiger partial charge in [0.1, 0.15) is 12.2 Å². The number of aryl methyl sites for hydroxylation is 1. The third kappa shape index (κ3) is 6.31. The first-order valence-corrected chi connectivity index (χ1v) is 6.79. The van der Waals surface area contributed by atoms with Crippen LogP contribution in [0.1, 0.15) is 39.4 Å². The molecule has 0 aliphatic carbocycles. The van der Waals surface area contributed by atoms with Crippen molar-refractivity contribution in [1.29, 1.82) is 0 Å². The van der Waals surface area contributed by atoms with E-state index in [0.29, 0.717) is 19.5 Å². The lowest BCUT2D eigenvalue weighted by molar-refractivity contribution is -0.128. The number of nitrogens with zero attached hydrogens (tertiary/aromatic N) is 2. The van der Waals surface area contributed by atoms with E-state index in [1.54, 1.807) is 0 Å². The zero-order chi connectivity index (χ0) is 15.0. The summed E-state index contributed by atoms with van der Waals surface area (Å²) in [4.78, 5) is 27.1. The highest BCUT2D eigenvalue weighted by atomic mass is 16.2. The van der Waals surface area contributed by atoms with E-state index in [4.69, 9.17) is 0 Å². The second kappa shape index (κ2) is 7.62. The molecule has 0 radical (unpaired) electrons. The van der Waals surface area contributed by atoms with Gasteiger partial charge in [0, 0.05) is 31.3 Å². The molecule has 7 heteroatoms. The van der Waals surface area contributed by atoms with Crippen LogP contribution >= 0.6 is 0 Å². The SMILES string of the molecule is CC(C)(C)C(=O)NCCC(=O)NCCCc1ncn[nH]1. The van der Waals surface area contributed by atoms with E-state index < -0.39 is 5.41 Å². The summed E-state index contributed by atoms with van der Waals surface area (Å²) >= 11 is 0. The largest absolute Gasteiger partial charge is 0.356 e. The van der Waals surface area contributed by atoms with E-state index >= 15 is 0 Å². The second-order valence-electron chi connectivity index (χ2n) is 5.64. The minimum Gasteiger partial charge on any atom is -0.356 e. The van der Waals surface area contributed by atoms with Gasteiger partial charge in [-0.3, -0.25) is 14.7 Å². The van der Waals surface area contributed by atoms with Crippen LogP contribution in [0.3, 0.4) is 0 Å². The molecule has 0 aliphatic heterocycles. The highest BCUT2D eigenvalue weighted by Gasteiger charge is 2.20. The molecule has 20 heavy (non-hydrogen) atoms. The Labute approximate surface area is 118 Å². The Morgan fingerprint density at radius 2 is 2.00 bits per heavy atom. The molecule has 0 atom stereocenters. The van der Waals surface area contributed by atoms with E-state index in [9.17, 15) is 9.59 Å². The van der Waals surface area contributed by atoms with Crippen LogP contribution in [0.5, 0.6) is 0 Å². The van der Waals surface area contributed by atoms with Crippen LogP contribution in [-0.4, -0.2) is 40.1 Å². The summed E-state index contributed by atoms with van der Waals surface area (Å²) in [6.07, 6.45) is 3.31. The molecule has 0 saturated carbocycles. The number of hydrogen-bond acceptors (Lipinski definition) is 4. The van der Waals surface area contributed by atoms with Gasteiger partial charge >= 0.3 is 0 Å². The van der Waals surface area contributed by atoms with Crippen molar-refractivity contribution in [3.8, 4) is 0 Å². The fourth-order valence-corrected chi connectivity index (χ4v) is 1.48. The zero-order valence-electron chi connectivity index (χ0n) is 12.3. The van der Waals surface area contributed by atoms with E-state index in [1.807, 2.05) is 20.8 Å². The number of aromatic amines is 1. The topological polar surface area (TPSA) is 99.8 Å². The number of amides is 2. The second-order valence-corrected chi connectivity index (χ2v) is 5.64. The molecular weight excluding hydrogens is 258 g/mol. The van der Waals surface area contributed by atoms with Crippen molar-refractivity contribution in [3.05, 3.63) is 12.2 Å². The van der Waals surface area contributed by atoms with Gasteiger partial charge in [0.25, 0.3) is 0 Å². The number of carbonyl (C=O) groups is 2. The quantitative estimate of drug-likeness (QED) is 0.630. The molecule has 0 saturated heterocycles. The van der Waals surface area contributed by atoms with Crippen molar-refractivity contribution in [1.82, 2.24) is 25.8 Å². The molecule has 112 valence electrons. The minimum atomic E-state index is -0.423. The predicted molar refractivity (Wildman–Crippen MR) is 74.8 cm³/mol. The molecule has 1 aromatic rings. The maximum atomic E-state index is 11.6. The summed E-state index contributed by atoms with van der Waals surface area (Å²) in [5.74, 6) is 0.712. The van der Waals surface area contributed by atoms with Gasteiger partial charge in [0.15, 0.2) is 0 Å². The van der Waals surface area contributed by atoms with Crippen LogP contribution in [0, 0.1) is 5.41 Å². The summed E-state index contributed by atoms with van der Waals surface area (Å²) in [6.45, 7) is 6.47. The summed E-state index contributed by atoms with van der Waals surface area (Å²) in [7, 11) is 0. The highest BCUT2D eigenvalue weighted by Crippen LogP contribution is 2.11. The van der Waals surface area contributed by atoms with Crippen molar-refractivity contribution in [2.75, 3.05) is 13.1 Å². The number of rotatable bonds is 7. The first-order valence-electron chi connectivity index (χ1n) is 6.79. The predicted octanol–water partition coefficient (Wildman–Crippen LogP) is 0.406. The normalized spacial score (nSPS) is 11.2. The molecule has 2 amide bonds. The van der Waals surface area contributed by atoms with E-state index in [1.165, 1.54) is 6.33 Å². The number of carbonyl (C=O) groups excluding carboxylic acids is 2. The fourth-order valence-electron chi connectivity index (χ4n) is 1.48. The van der Waals surface area contributed by atoms with Crippen molar-refractivity contribution >= 4 is 11.8 Å². The Kier molecular flexibility index (Phi) is 6.14. The standard InChI is InChI=1S/C13H23N5O2/c1-13(2,3)12(20)15-8-6-11(19)14-7-4-5-10-16-9-17-18-10/h9H,4-8H2,1-3H3,(H,14,19)(H,15,20)(H,16,17,18). The van der Waals surface area contributed by atoms with Crippen LogP contribution in [-0.2, 0) is 16.0 Å². The fraction of sp³-hybridized carbons (Fsp3) is 0.692. The maximum absolute atomic E-state index is 11.6. The first-order chi connectivity index (χ1) is 9.39. The molecule has 0 aromatic carbocycles. The molecule has 0 spiro atoms. The van der Waals surface area contributed by atoms with Gasteiger partial charge < -0.3 is 10.6 Å². The summed E-state index contributed by atoms with van der Waals surface area (Å²) < 4.78 is 0. The number of H-pyrrole nitrogens is 1. The monoisotopic (exact) mass is 281 g/mol. The third-order valence-electron chi connectivity index (χ3n) is 2.70. The van der Waals surface area contributed by atoms with E-state index in [0.717, 1.165) is 18.7 Å². The molecular formula is C13H23N5O2. The smallest absolute Gasteiger partial charge is 0.225 e. The van der Waals surface area contributed by atoms with Gasteiger partial charge in [-0.15, -0.1) is 0 Å². The Morgan fingerprint density at radius 3 is 2.60 bits per heavy atom. The maximum Gasteiger partial charge on any atom is 0.225 e. The Morgan fingerprint density at radius 1 is 1.25 bits per heavy atom. The van der Waals surface area contributed by atoms with Crippen molar-refractivity contribution in [2.24, 2.45) is 5.41 Å². The average Bonchev–Trinajstić information content (AvgIpc) is 2.86. The van der Waals surface area contributed by atoms with Gasteiger partial charge in [-0.25, -0.2) is 4.98 Å². The molecule has 1 rings (SSSR count). The number of hydrogen-bond donors (Lipinski definition) is 3. The van der Waals surface area contributed by atoms with Crippen LogP contribution in [0.15, 0.2) is 6.33 Å². The van der Waals surface area contributed by atoms with Crippen molar-refractivity contribution in [3.63, 3.8) is 0 Å². The lowest BCUT2D eigenvalue weighted by Gasteiger charge is -2.17. The van der Waals surface area contributed by atoms with Gasteiger partial charge in [-0.1, -0.05) is 20.8 Å². The molecule has 3 N–H and O–H groups in total. The molecule has 0 unspecified atom stereocenters. The lowest BCUT2D eigenvalue weighted by atomic mass is 9.96. The van der Waals surface area contributed by atoms with Gasteiger partial charge in [-0.05, 0) is 6.42 Å². The van der Waals surface area contributed by atoms with Crippen LogP contribution in [0.4, 0.5) is 0 Å². The van der Waals surface area contributed by atoms with Crippen LogP contribution in [0.25, 0.3) is 0 Å². The third-order valence-corrected chi connectivity index (χ3v) is 2.70. The molecule has 1 aromatic heterocycles. The van der Waals surface area contributed by atoms with E-state index in [2.05, 4.69) is 25.8 Å². The van der Waals surface area contributed by atoms with Crippen LogP contribution < -0.4 is 10.6 Å².